The third-order valence-electron chi connectivity index (χ3n) is 9.81. The zero-order valence-corrected chi connectivity index (χ0v) is 30.5. The van der Waals surface area contributed by atoms with Crippen molar-refractivity contribution >= 4 is 23.2 Å². The quantitative estimate of drug-likeness (QED) is 0.107. The number of imide groups is 1. The number of aryl methyl sites for hydroxylation is 3. The molecular formula is C42H43N7O4. The van der Waals surface area contributed by atoms with Gasteiger partial charge in [0.15, 0.2) is 0 Å². The molecule has 0 saturated carbocycles. The predicted molar refractivity (Wildman–Crippen MR) is 201 cm³/mol. The maximum absolute atomic E-state index is 12.7. The highest BCUT2D eigenvalue weighted by atomic mass is 16.5. The number of hydrogen-bond donors (Lipinski definition) is 2. The number of piperidine rings is 1. The van der Waals surface area contributed by atoms with Crippen molar-refractivity contribution < 1.29 is 18.9 Å². The van der Waals surface area contributed by atoms with E-state index in [4.69, 9.17) is 4.52 Å². The zero-order valence-electron chi connectivity index (χ0n) is 30.5. The Morgan fingerprint density at radius 2 is 1.62 bits per heavy atom. The summed E-state index contributed by atoms with van der Waals surface area (Å²) >= 11 is 0. The number of carbonyl (C=O) groups excluding carboxylic acids is 3. The summed E-state index contributed by atoms with van der Waals surface area (Å²) < 4.78 is 7.16. The number of fused-ring (bicyclic) bond motifs is 1. The minimum atomic E-state index is -0.378. The first-order valence-corrected chi connectivity index (χ1v) is 18.1. The topological polar surface area (TPSA) is 144 Å². The number of carbonyl (C=O) groups is 3. The molecule has 3 aromatic carbocycles. The Hall–Kier alpha value is -5.97. The Morgan fingerprint density at radius 3 is 2.30 bits per heavy atom. The van der Waals surface area contributed by atoms with Crippen LogP contribution in [-0.2, 0) is 34.4 Å². The molecule has 0 aliphatic carbocycles. The van der Waals surface area contributed by atoms with Gasteiger partial charge in [-0.05, 0) is 90.1 Å². The van der Waals surface area contributed by atoms with E-state index in [2.05, 4.69) is 73.5 Å². The van der Waals surface area contributed by atoms with Crippen LogP contribution in [-0.4, -0.2) is 42.5 Å². The van der Waals surface area contributed by atoms with Gasteiger partial charge in [0.1, 0.15) is 6.33 Å². The fraction of sp³-hybridized carbons (Fsp3) is 0.310. The second-order valence-corrected chi connectivity index (χ2v) is 14.8. The lowest BCUT2D eigenvalue weighted by Crippen LogP contribution is -2.39. The molecule has 270 valence electrons. The van der Waals surface area contributed by atoms with Crippen molar-refractivity contribution in [3.63, 3.8) is 0 Å². The molecule has 7 rings (SSSR count). The molecule has 0 radical (unpaired) electrons. The van der Waals surface area contributed by atoms with Gasteiger partial charge in [-0.1, -0.05) is 86.6 Å². The van der Waals surface area contributed by atoms with Gasteiger partial charge >= 0.3 is 0 Å². The standard InChI is InChI=1S/C42H43N7O4/c1-26-21-32(17-18-33(26)23-43-40(52)38-47-41(53-48-38)42(2,3)4)37-35-22-28(24-49(35)45-25-44-37)8-6-5-7-27-9-11-29(12-10-27)30-13-15-31(16-14-30)34-19-20-36(50)46-39(34)51/h9-18,21-22,24-25,34H,5-8,19-20,23H2,1-4H3,(H,43,52)(H,46,50,51). The molecule has 0 bridgehead atoms. The molecule has 1 saturated heterocycles. The summed E-state index contributed by atoms with van der Waals surface area (Å²) in [6.07, 6.45) is 8.64. The summed E-state index contributed by atoms with van der Waals surface area (Å²) in [5.41, 5.74) is 10.2. The number of hydrogen-bond acceptors (Lipinski definition) is 8. The lowest BCUT2D eigenvalue weighted by molar-refractivity contribution is -0.134. The molecule has 11 heteroatoms. The minimum Gasteiger partial charge on any atom is -0.345 e. The van der Waals surface area contributed by atoms with Crippen LogP contribution in [0.4, 0.5) is 0 Å². The number of nitrogens with one attached hydrogen (secondary N) is 2. The number of amides is 3. The Bertz CT molecular complexity index is 2280. The Labute approximate surface area is 308 Å². The van der Waals surface area contributed by atoms with Crippen LogP contribution >= 0.6 is 0 Å². The molecule has 1 fully saturated rings. The van der Waals surface area contributed by atoms with E-state index in [0.717, 1.165) is 70.3 Å². The van der Waals surface area contributed by atoms with E-state index < -0.39 is 0 Å². The van der Waals surface area contributed by atoms with Crippen molar-refractivity contribution in [3.05, 3.63) is 125 Å². The fourth-order valence-corrected chi connectivity index (χ4v) is 6.70. The van der Waals surface area contributed by atoms with Gasteiger partial charge in [-0.2, -0.15) is 10.1 Å². The monoisotopic (exact) mass is 709 g/mol. The fourth-order valence-electron chi connectivity index (χ4n) is 6.70. The van der Waals surface area contributed by atoms with Gasteiger partial charge < -0.3 is 9.84 Å². The van der Waals surface area contributed by atoms with Crippen LogP contribution in [0.5, 0.6) is 0 Å². The molecule has 1 unspecified atom stereocenters. The minimum absolute atomic E-state index is 0.0276. The van der Waals surface area contributed by atoms with E-state index in [-0.39, 0.29) is 34.9 Å². The maximum atomic E-state index is 12.7. The zero-order chi connectivity index (χ0) is 37.1. The average molecular weight is 710 g/mol. The molecule has 1 aliphatic heterocycles. The second-order valence-electron chi connectivity index (χ2n) is 14.8. The van der Waals surface area contributed by atoms with Gasteiger partial charge in [0.25, 0.3) is 11.7 Å². The maximum Gasteiger partial charge on any atom is 0.292 e. The van der Waals surface area contributed by atoms with Crippen molar-refractivity contribution in [2.75, 3.05) is 0 Å². The molecule has 0 spiro atoms. The van der Waals surface area contributed by atoms with E-state index in [1.165, 1.54) is 11.1 Å². The molecule has 11 nitrogen and oxygen atoms in total. The largest absolute Gasteiger partial charge is 0.345 e. The molecule has 6 aromatic rings. The smallest absolute Gasteiger partial charge is 0.292 e. The number of nitrogens with zero attached hydrogens (tertiary/aromatic N) is 5. The van der Waals surface area contributed by atoms with Crippen LogP contribution in [0.15, 0.2) is 89.8 Å². The van der Waals surface area contributed by atoms with Crippen LogP contribution in [0, 0.1) is 6.92 Å². The number of aromatic nitrogens is 5. The van der Waals surface area contributed by atoms with Crippen LogP contribution in [0.3, 0.4) is 0 Å². The van der Waals surface area contributed by atoms with Gasteiger partial charge in [0.2, 0.25) is 17.7 Å². The van der Waals surface area contributed by atoms with Crippen LogP contribution in [0.2, 0.25) is 0 Å². The summed E-state index contributed by atoms with van der Waals surface area (Å²) in [5.74, 6) is -0.604. The van der Waals surface area contributed by atoms with E-state index in [0.29, 0.717) is 25.3 Å². The summed E-state index contributed by atoms with van der Waals surface area (Å²) in [4.78, 5) is 45.3. The molecule has 3 amide bonds. The van der Waals surface area contributed by atoms with Crippen LogP contribution in [0.1, 0.15) is 96.7 Å². The van der Waals surface area contributed by atoms with Crippen molar-refractivity contribution in [2.45, 2.75) is 84.1 Å². The highest BCUT2D eigenvalue weighted by Gasteiger charge is 2.28. The van der Waals surface area contributed by atoms with E-state index >= 15 is 0 Å². The molecule has 1 aliphatic rings. The van der Waals surface area contributed by atoms with E-state index in [9.17, 15) is 14.4 Å². The van der Waals surface area contributed by atoms with Crippen molar-refractivity contribution in [1.29, 1.82) is 0 Å². The van der Waals surface area contributed by atoms with Gasteiger partial charge in [-0.15, -0.1) is 0 Å². The SMILES string of the molecule is Cc1cc(-c2ncnn3cc(CCCCc4ccc(-c5ccc(C6CCC(=O)NC6=O)cc5)cc4)cc23)ccc1CNC(=O)c1noc(C(C)(C)C)n1. The van der Waals surface area contributed by atoms with Crippen LogP contribution in [0.25, 0.3) is 27.9 Å². The first-order valence-electron chi connectivity index (χ1n) is 18.1. The Morgan fingerprint density at radius 1 is 0.925 bits per heavy atom. The third-order valence-corrected chi connectivity index (χ3v) is 9.81. The number of benzene rings is 3. The molecule has 3 aromatic heterocycles. The van der Waals surface area contributed by atoms with Gasteiger partial charge in [-0.3, -0.25) is 19.7 Å². The molecule has 53 heavy (non-hydrogen) atoms. The van der Waals surface area contributed by atoms with Crippen LogP contribution < -0.4 is 10.6 Å². The lowest BCUT2D eigenvalue weighted by atomic mass is 9.89. The summed E-state index contributed by atoms with van der Waals surface area (Å²) in [5, 5.41) is 13.7. The highest BCUT2D eigenvalue weighted by Crippen LogP contribution is 2.29. The second kappa shape index (κ2) is 14.9. The van der Waals surface area contributed by atoms with Crippen molar-refractivity contribution in [1.82, 2.24) is 35.4 Å². The lowest BCUT2D eigenvalue weighted by Gasteiger charge is -2.21. The predicted octanol–water partition coefficient (Wildman–Crippen LogP) is 7.07. The van der Waals surface area contributed by atoms with Gasteiger partial charge in [0.05, 0.1) is 17.1 Å². The van der Waals surface area contributed by atoms with Gasteiger partial charge in [-0.25, -0.2) is 9.50 Å². The average Bonchev–Trinajstić information content (AvgIpc) is 3.82. The normalized spacial score (nSPS) is 14.8. The highest BCUT2D eigenvalue weighted by molar-refractivity contribution is 6.01. The number of rotatable bonds is 11. The van der Waals surface area contributed by atoms with Crippen molar-refractivity contribution in [2.24, 2.45) is 0 Å². The Kier molecular flexibility index (Phi) is 9.99. The van der Waals surface area contributed by atoms with E-state index in [1.807, 2.05) is 68.6 Å². The van der Waals surface area contributed by atoms with Crippen molar-refractivity contribution in [3.8, 4) is 22.4 Å². The molecule has 2 N–H and O–H groups in total. The first kappa shape index (κ1) is 35.4. The Balaban J connectivity index is 0.919. The van der Waals surface area contributed by atoms with E-state index in [1.54, 1.807) is 6.33 Å². The summed E-state index contributed by atoms with van der Waals surface area (Å²) in [6, 6.07) is 25.1. The first-order chi connectivity index (χ1) is 25.5. The number of unbranched alkanes of at least 4 members (excludes halogenated alkanes) is 1. The summed E-state index contributed by atoms with van der Waals surface area (Å²) in [7, 11) is 0. The molecular weight excluding hydrogens is 667 g/mol. The molecule has 1 atom stereocenters. The molecule has 4 heterocycles. The summed E-state index contributed by atoms with van der Waals surface area (Å²) in [6.45, 7) is 8.22. The van der Waals surface area contributed by atoms with Gasteiger partial charge in [0, 0.05) is 30.1 Å². The third kappa shape index (κ3) is 8.09.